The molecule has 13 heteroatoms. The number of ether oxygens (including phenoxy) is 2. The molecular weight excluding hydrogens is 596 g/mol. The van der Waals surface area contributed by atoms with E-state index in [-0.39, 0.29) is 12.0 Å². The first-order valence-corrected chi connectivity index (χ1v) is 15.9. The molecule has 5 heterocycles. The standard InChI is InChI=1S/C32H39ClN8O4/c1-38-18-23-27(41-12-11-40-13-14-45-19-21(40)17-41)6-5-26(29(23)31(38)43)35-30-24(33)16-34-32(37-30)36-25-4-3-20(15-28(25)44-2)39-9-7-22(42)8-10-39/h3-6,15-16,21-22,42H,7-14,17-19H2,1-2H3,(H2,34,35,36,37). The maximum absolute atomic E-state index is 13.4. The number of aliphatic hydroxyl groups is 1. The molecule has 1 amide bonds. The van der Waals surface area contributed by atoms with E-state index >= 15 is 0 Å². The van der Waals surface area contributed by atoms with E-state index in [0.717, 1.165) is 82.3 Å². The highest BCUT2D eigenvalue weighted by atomic mass is 35.5. The van der Waals surface area contributed by atoms with Gasteiger partial charge in [-0.3, -0.25) is 9.69 Å². The van der Waals surface area contributed by atoms with Crippen LogP contribution in [0.1, 0.15) is 28.8 Å². The summed E-state index contributed by atoms with van der Waals surface area (Å²) in [4.78, 5) is 31.4. The molecule has 1 aromatic heterocycles. The number of piperidine rings is 1. The van der Waals surface area contributed by atoms with Crippen molar-refractivity contribution in [1.82, 2.24) is 19.8 Å². The molecule has 3 saturated heterocycles. The van der Waals surface area contributed by atoms with E-state index in [4.69, 9.17) is 21.1 Å². The lowest BCUT2D eigenvalue weighted by Crippen LogP contribution is -2.58. The molecule has 4 aliphatic rings. The normalized spacial score (nSPS) is 20.7. The number of piperazine rings is 1. The lowest BCUT2D eigenvalue weighted by molar-refractivity contribution is -0.0117. The number of hydrogen-bond acceptors (Lipinski definition) is 11. The number of carbonyl (C=O) groups is 1. The zero-order chi connectivity index (χ0) is 31.1. The van der Waals surface area contributed by atoms with Crippen LogP contribution in [0.4, 0.5) is 34.5 Å². The molecule has 1 atom stereocenters. The first-order valence-electron chi connectivity index (χ1n) is 15.5. The van der Waals surface area contributed by atoms with Crippen molar-refractivity contribution in [3.63, 3.8) is 0 Å². The number of nitrogens with zero attached hydrogens (tertiary/aromatic N) is 6. The van der Waals surface area contributed by atoms with Crippen molar-refractivity contribution in [3.8, 4) is 5.75 Å². The molecule has 7 rings (SSSR count). The van der Waals surface area contributed by atoms with Gasteiger partial charge in [0.25, 0.3) is 5.91 Å². The number of morpholine rings is 1. The van der Waals surface area contributed by atoms with Crippen molar-refractivity contribution < 1.29 is 19.4 Å². The lowest BCUT2D eigenvalue weighted by atomic mass is 10.0. The molecule has 12 nitrogen and oxygen atoms in total. The van der Waals surface area contributed by atoms with Gasteiger partial charge < -0.3 is 39.9 Å². The van der Waals surface area contributed by atoms with Gasteiger partial charge in [-0.05, 0) is 37.1 Å². The van der Waals surface area contributed by atoms with Crippen molar-refractivity contribution in [2.45, 2.75) is 31.5 Å². The third-order valence-corrected chi connectivity index (χ3v) is 9.56. The zero-order valence-corrected chi connectivity index (χ0v) is 26.4. The maximum Gasteiger partial charge on any atom is 0.256 e. The minimum Gasteiger partial charge on any atom is -0.494 e. The summed E-state index contributed by atoms with van der Waals surface area (Å²) in [6, 6.07) is 10.3. The Kier molecular flexibility index (Phi) is 8.30. The zero-order valence-electron chi connectivity index (χ0n) is 25.6. The quantitative estimate of drug-likeness (QED) is 0.353. The molecule has 0 spiro atoms. The molecule has 4 aliphatic heterocycles. The number of hydrogen-bond donors (Lipinski definition) is 3. The first-order chi connectivity index (χ1) is 21.9. The third kappa shape index (κ3) is 5.95. The summed E-state index contributed by atoms with van der Waals surface area (Å²) in [6.07, 6.45) is 2.79. The van der Waals surface area contributed by atoms with Crippen LogP contribution in [0.3, 0.4) is 0 Å². The van der Waals surface area contributed by atoms with Crippen LogP contribution >= 0.6 is 11.6 Å². The number of anilines is 6. The number of amides is 1. The van der Waals surface area contributed by atoms with Gasteiger partial charge in [0.1, 0.15) is 10.8 Å². The van der Waals surface area contributed by atoms with Crippen LogP contribution in [0.2, 0.25) is 5.02 Å². The largest absolute Gasteiger partial charge is 0.494 e. The molecule has 3 fully saturated rings. The van der Waals surface area contributed by atoms with Gasteiger partial charge in [0, 0.05) is 75.9 Å². The summed E-state index contributed by atoms with van der Waals surface area (Å²) in [5.41, 5.74) is 5.13. The fourth-order valence-electron chi connectivity index (χ4n) is 6.77. The second-order valence-corrected chi connectivity index (χ2v) is 12.5. The number of methoxy groups -OCH3 is 1. The van der Waals surface area contributed by atoms with E-state index in [1.165, 1.54) is 6.20 Å². The molecule has 3 aromatic rings. The predicted molar refractivity (Wildman–Crippen MR) is 175 cm³/mol. The molecule has 238 valence electrons. The van der Waals surface area contributed by atoms with Crippen molar-refractivity contribution in [1.29, 1.82) is 0 Å². The fourth-order valence-corrected chi connectivity index (χ4v) is 6.91. The van der Waals surface area contributed by atoms with Gasteiger partial charge in [0.05, 0.1) is 55.6 Å². The summed E-state index contributed by atoms with van der Waals surface area (Å²) in [5.74, 6) is 1.33. The van der Waals surface area contributed by atoms with Gasteiger partial charge in [-0.25, -0.2) is 4.98 Å². The minimum atomic E-state index is -0.236. The highest BCUT2D eigenvalue weighted by molar-refractivity contribution is 6.33. The molecule has 0 radical (unpaired) electrons. The van der Waals surface area contributed by atoms with Gasteiger partial charge in [-0.15, -0.1) is 0 Å². The van der Waals surface area contributed by atoms with E-state index in [2.05, 4.69) is 41.4 Å². The number of nitrogens with one attached hydrogen (secondary N) is 2. The second-order valence-electron chi connectivity index (χ2n) is 12.1. The maximum atomic E-state index is 13.4. The van der Waals surface area contributed by atoms with Gasteiger partial charge in [0.2, 0.25) is 5.95 Å². The topological polar surface area (TPSA) is 119 Å². The summed E-state index contributed by atoms with van der Waals surface area (Å²) < 4.78 is 11.4. The Morgan fingerprint density at radius 2 is 1.87 bits per heavy atom. The monoisotopic (exact) mass is 634 g/mol. The highest BCUT2D eigenvalue weighted by Gasteiger charge is 2.35. The highest BCUT2D eigenvalue weighted by Crippen LogP contribution is 2.39. The number of fused-ring (bicyclic) bond motifs is 2. The molecular formula is C32H39ClN8O4. The number of aliphatic hydroxyl groups excluding tert-OH is 1. The van der Waals surface area contributed by atoms with Crippen LogP contribution in [0.5, 0.6) is 5.75 Å². The van der Waals surface area contributed by atoms with Gasteiger partial charge >= 0.3 is 0 Å². The van der Waals surface area contributed by atoms with Crippen LogP contribution in [0.25, 0.3) is 0 Å². The third-order valence-electron chi connectivity index (χ3n) is 9.28. The van der Waals surface area contributed by atoms with E-state index in [0.29, 0.717) is 52.1 Å². The van der Waals surface area contributed by atoms with Gasteiger partial charge in [0.15, 0.2) is 5.82 Å². The molecule has 0 bridgehead atoms. The van der Waals surface area contributed by atoms with Crippen molar-refractivity contribution >= 4 is 52.0 Å². The smallest absolute Gasteiger partial charge is 0.256 e. The summed E-state index contributed by atoms with van der Waals surface area (Å²) in [5, 5.41) is 16.8. The summed E-state index contributed by atoms with van der Waals surface area (Å²) in [6.45, 7) is 7.39. The van der Waals surface area contributed by atoms with E-state index in [9.17, 15) is 9.90 Å². The Labute approximate surface area is 267 Å². The van der Waals surface area contributed by atoms with Crippen LogP contribution in [-0.2, 0) is 11.3 Å². The van der Waals surface area contributed by atoms with Gasteiger partial charge in [-0.2, -0.15) is 4.98 Å². The second kappa shape index (κ2) is 12.5. The summed E-state index contributed by atoms with van der Waals surface area (Å²) >= 11 is 6.58. The van der Waals surface area contributed by atoms with Crippen LogP contribution in [0.15, 0.2) is 36.5 Å². The van der Waals surface area contributed by atoms with E-state index in [1.54, 1.807) is 12.0 Å². The molecule has 2 aromatic carbocycles. The number of carbonyl (C=O) groups excluding carboxylic acids is 1. The number of rotatable bonds is 7. The molecule has 45 heavy (non-hydrogen) atoms. The van der Waals surface area contributed by atoms with Crippen LogP contribution in [-0.4, -0.2) is 110 Å². The number of benzene rings is 2. The van der Waals surface area contributed by atoms with Crippen molar-refractivity contribution in [2.75, 3.05) is 87.1 Å². The van der Waals surface area contributed by atoms with Crippen LogP contribution in [0, 0.1) is 0 Å². The molecule has 1 unspecified atom stereocenters. The van der Waals surface area contributed by atoms with E-state index in [1.807, 2.05) is 31.3 Å². The Balaban J connectivity index is 1.12. The Morgan fingerprint density at radius 1 is 1.04 bits per heavy atom. The Hall–Kier alpha value is -3.84. The van der Waals surface area contributed by atoms with Gasteiger partial charge in [-0.1, -0.05) is 11.6 Å². The van der Waals surface area contributed by atoms with Crippen LogP contribution < -0.4 is 25.2 Å². The predicted octanol–water partition coefficient (Wildman–Crippen LogP) is 3.69. The molecule has 0 saturated carbocycles. The van der Waals surface area contributed by atoms with E-state index < -0.39 is 0 Å². The summed E-state index contributed by atoms with van der Waals surface area (Å²) in [7, 11) is 3.46. The number of halogens is 1. The SMILES string of the molecule is COc1cc(N2CCC(O)CC2)ccc1Nc1ncc(Cl)c(Nc2ccc(N3CCN4CCOCC4C3)c3c2C(=O)N(C)C3)n1. The molecule has 0 aliphatic carbocycles. The molecule has 3 N–H and O–H groups in total. The Morgan fingerprint density at radius 3 is 2.69 bits per heavy atom. The average molecular weight is 635 g/mol. The minimum absolute atomic E-state index is 0.0365. The Bertz CT molecular complexity index is 1580. The van der Waals surface area contributed by atoms with Crippen molar-refractivity contribution in [3.05, 3.63) is 52.7 Å². The fraction of sp³-hybridized carbons (Fsp3) is 0.469. The first kappa shape index (κ1) is 29.8. The average Bonchev–Trinajstić information content (AvgIpc) is 3.36. The number of aromatic nitrogens is 2. The lowest BCUT2D eigenvalue weighted by Gasteiger charge is -2.45. The van der Waals surface area contributed by atoms with Crippen molar-refractivity contribution in [2.24, 2.45) is 0 Å².